The second kappa shape index (κ2) is 5.32. The average molecular weight is 226 g/mol. The van der Waals surface area contributed by atoms with Crippen LogP contribution in [0.2, 0.25) is 0 Å². The van der Waals surface area contributed by atoms with Gasteiger partial charge in [-0.05, 0) is 6.07 Å². The van der Waals surface area contributed by atoms with Crippen molar-refractivity contribution in [1.82, 2.24) is 10.2 Å². The van der Waals surface area contributed by atoms with Gasteiger partial charge < -0.3 is 19.7 Å². The van der Waals surface area contributed by atoms with Crippen LogP contribution >= 0.6 is 0 Å². The zero-order valence-electron chi connectivity index (χ0n) is 9.19. The molecule has 1 aromatic heterocycles. The highest BCUT2D eigenvalue weighted by atomic mass is 16.4. The minimum atomic E-state index is -1.03. The topological polar surface area (TPSA) is 82.8 Å². The first-order chi connectivity index (χ1) is 7.50. The van der Waals surface area contributed by atoms with Gasteiger partial charge in [0, 0.05) is 14.1 Å². The van der Waals surface area contributed by atoms with Crippen molar-refractivity contribution in [2.24, 2.45) is 0 Å². The lowest BCUT2D eigenvalue weighted by molar-refractivity contribution is -0.127. The van der Waals surface area contributed by atoms with Crippen molar-refractivity contribution >= 4 is 11.9 Å². The molecule has 0 aliphatic rings. The molecule has 0 atom stereocenters. The number of carboxylic acid groups (broad SMARTS) is 1. The fourth-order valence-electron chi connectivity index (χ4n) is 1.04. The molecule has 0 radical (unpaired) electrons. The predicted octanol–water partition coefficient (Wildman–Crippen LogP) is 0.156. The summed E-state index contributed by atoms with van der Waals surface area (Å²) in [6, 6.07) is 1.43. The number of likely N-dealkylation sites (N-methyl/N-ethyl adjacent to an activating group) is 1. The highest BCUT2D eigenvalue weighted by Gasteiger charge is 2.08. The third kappa shape index (κ3) is 3.39. The number of carbonyl (C=O) groups is 2. The lowest BCUT2D eigenvalue weighted by Crippen LogP contribution is -2.32. The van der Waals surface area contributed by atoms with Crippen LogP contribution in [0.4, 0.5) is 0 Å². The van der Waals surface area contributed by atoms with E-state index in [1.807, 2.05) is 0 Å². The van der Waals surface area contributed by atoms with E-state index in [2.05, 4.69) is 5.32 Å². The lowest BCUT2D eigenvalue weighted by Gasteiger charge is -2.09. The standard InChI is InChI=1S/C10H14N2O4/c1-12(2)9(13)5-11-4-8-3-7(6-16-8)10(14)15/h3,6,11H,4-5H2,1-2H3,(H,14,15). The van der Waals surface area contributed by atoms with Gasteiger partial charge in [0.05, 0.1) is 18.7 Å². The summed E-state index contributed by atoms with van der Waals surface area (Å²) < 4.78 is 5.00. The highest BCUT2D eigenvalue weighted by Crippen LogP contribution is 2.07. The Labute approximate surface area is 92.8 Å². The molecule has 0 aliphatic heterocycles. The van der Waals surface area contributed by atoms with E-state index in [-0.39, 0.29) is 18.0 Å². The van der Waals surface area contributed by atoms with E-state index >= 15 is 0 Å². The number of furan rings is 1. The largest absolute Gasteiger partial charge is 0.478 e. The van der Waals surface area contributed by atoms with E-state index in [0.29, 0.717) is 12.3 Å². The quantitative estimate of drug-likeness (QED) is 0.747. The molecule has 1 heterocycles. The number of carbonyl (C=O) groups excluding carboxylic acids is 1. The fraction of sp³-hybridized carbons (Fsp3) is 0.400. The minimum Gasteiger partial charge on any atom is -0.478 e. The van der Waals surface area contributed by atoms with E-state index in [0.717, 1.165) is 0 Å². The number of rotatable bonds is 5. The summed E-state index contributed by atoms with van der Waals surface area (Å²) in [7, 11) is 3.33. The van der Waals surface area contributed by atoms with Crippen LogP contribution in [0.25, 0.3) is 0 Å². The first-order valence-corrected chi connectivity index (χ1v) is 4.72. The summed E-state index contributed by atoms with van der Waals surface area (Å²) in [5.41, 5.74) is 0.107. The summed E-state index contributed by atoms with van der Waals surface area (Å²) in [5.74, 6) is -0.590. The molecule has 0 aliphatic carbocycles. The molecule has 0 saturated heterocycles. The second-order valence-corrected chi connectivity index (χ2v) is 3.50. The average Bonchev–Trinajstić information content (AvgIpc) is 2.66. The summed E-state index contributed by atoms with van der Waals surface area (Å²) in [6.45, 7) is 0.517. The van der Waals surface area contributed by atoms with Crippen LogP contribution in [0.3, 0.4) is 0 Å². The van der Waals surface area contributed by atoms with Crippen molar-refractivity contribution in [2.75, 3.05) is 20.6 Å². The highest BCUT2D eigenvalue weighted by molar-refractivity contribution is 5.87. The summed E-state index contributed by atoms with van der Waals surface area (Å²) >= 11 is 0. The summed E-state index contributed by atoms with van der Waals surface area (Å²) in [5, 5.41) is 11.5. The van der Waals surface area contributed by atoms with Crippen LogP contribution in [0, 0.1) is 0 Å². The van der Waals surface area contributed by atoms with Gasteiger partial charge in [-0.2, -0.15) is 0 Å². The molecule has 16 heavy (non-hydrogen) atoms. The Kier molecular flexibility index (Phi) is 4.07. The number of carboxylic acids is 1. The molecule has 0 fully saturated rings. The molecule has 0 bridgehead atoms. The van der Waals surface area contributed by atoms with E-state index in [4.69, 9.17) is 9.52 Å². The first kappa shape index (κ1) is 12.3. The smallest absolute Gasteiger partial charge is 0.338 e. The maximum atomic E-state index is 11.2. The molecule has 0 aromatic carbocycles. The molecular weight excluding hydrogens is 212 g/mol. The van der Waals surface area contributed by atoms with Crippen molar-refractivity contribution in [3.8, 4) is 0 Å². The molecule has 88 valence electrons. The molecule has 0 saturated carbocycles. The first-order valence-electron chi connectivity index (χ1n) is 4.72. The van der Waals surface area contributed by atoms with Gasteiger partial charge in [-0.1, -0.05) is 0 Å². The van der Waals surface area contributed by atoms with Gasteiger partial charge in [0.15, 0.2) is 0 Å². The van der Waals surface area contributed by atoms with Gasteiger partial charge in [-0.25, -0.2) is 4.79 Å². The van der Waals surface area contributed by atoms with Crippen LogP contribution in [0.1, 0.15) is 16.1 Å². The molecular formula is C10H14N2O4. The Morgan fingerprint density at radius 1 is 1.50 bits per heavy atom. The Morgan fingerprint density at radius 2 is 2.19 bits per heavy atom. The number of nitrogens with zero attached hydrogens (tertiary/aromatic N) is 1. The third-order valence-corrected chi connectivity index (χ3v) is 1.97. The van der Waals surface area contributed by atoms with Gasteiger partial charge in [0.1, 0.15) is 12.0 Å². The van der Waals surface area contributed by atoms with Gasteiger partial charge >= 0.3 is 5.97 Å². The van der Waals surface area contributed by atoms with E-state index in [1.54, 1.807) is 14.1 Å². The Balaban J connectivity index is 2.37. The molecule has 6 nitrogen and oxygen atoms in total. The van der Waals surface area contributed by atoms with Crippen LogP contribution in [0.15, 0.2) is 16.7 Å². The van der Waals surface area contributed by atoms with Crippen LogP contribution in [-0.4, -0.2) is 42.5 Å². The van der Waals surface area contributed by atoms with Crippen molar-refractivity contribution < 1.29 is 19.1 Å². The molecule has 0 spiro atoms. The van der Waals surface area contributed by atoms with Gasteiger partial charge in [-0.15, -0.1) is 0 Å². The molecule has 1 rings (SSSR count). The van der Waals surface area contributed by atoms with Gasteiger partial charge in [-0.3, -0.25) is 4.79 Å². The fourth-order valence-corrected chi connectivity index (χ4v) is 1.04. The lowest BCUT2D eigenvalue weighted by atomic mass is 10.3. The van der Waals surface area contributed by atoms with Gasteiger partial charge in [0.2, 0.25) is 5.91 Å². The Morgan fingerprint density at radius 3 is 2.69 bits per heavy atom. The van der Waals surface area contributed by atoms with Crippen molar-refractivity contribution in [1.29, 1.82) is 0 Å². The molecule has 1 aromatic rings. The molecule has 2 N–H and O–H groups in total. The monoisotopic (exact) mass is 226 g/mol. The SMILES string of the molecule is CN(C)C(=O)CNCc1cc(C(=O)O)co1. The zero-order chi connectivity index (χ0) is 12.1. The number of nitrogens with one attached hydrogen (secondary N) is 1. The number of hydrogen-bond donors (Lipinski definition) is 2. The van der Waals surface area contributed by atoms with Crippen molar-refractivity contribution in [2.45, 2.75) is 6.54 Å². The van der Waals surface area contributed by atoms with Crippen LogP contribution < -0.4 is 5.32 Å². The third-order valence-electron chi connectivity index (χ3n) is 1.97. The summed E-state index contributed by atoms with van der Waals surface area (Å²) in [6.07, 6.45) is 1.17. The second-order valence-electron chi connectivity index (χ2n) is 3.50. The number of hydrogen-bond acceptors (Lipinski definition) is 4. The Hall–Kier alpha value is -1.82. The van der Waals surface area contributed by atoms with Crippen molar-refractivity contribution in [3.05, 3.63) is 23.7 Å². The normalized spacial score (nSPS) is 10.1. The molecule has 0 unspecified atom stereocenters. The molecule has 1 amide bonds. The van der Waals surface area contributed by atoms with Crippen LogP contribution in [-0.2, 0) is 11.3 Å². The van der Waals surface area contributed by atoms with E-state index in [1.165, 1.54) is 17.2 Å². The zero-order valence-corrected chi connectivity index (χ0v) is 9.19. The number of amides is 1. The number of aromatic carboxylic acids is 1. The van der Waals surface area contributed by atoms with E-state index < -0.39 is 5.97 Å². The van der Waals surface area contributed by atoms with Crippen molar-refractivity contribution in [3.63, 3.8) is 0 Å². The molecule has 6 heteroatoms. The maximum absolute atomic E-state index is 11.2. The maximum Gasteiger partial charge on any atom is 0.338 e. The van der Waals surface area contributed by atoms with Gasteiger partial charge in [0.25, 0.3) is 0 Å². The predicted molar refractivity (Wildman–Crippen MR) is 56.1 cm³/mol. The van der Waals surface area contributed by atoms with E-state index in [9.17, 15) is 9.59 Å². The summed E-state index contributed by atoms with van der Waals surface area (Å²) in [4.78, 5) is 23.2. The van der Waals surface area contributed by atoms with Crippen LogP contribution in [0.5, 0.6) is 0 Å². The minimum absolute atomic E-state index is 0.0509. The Bertz CT molecular complexity index is 384.